The van der Waals surface area contributed by atoms with Gasteiger partial charge in [-0.2, -0.15) is 0 Å². The molecule has 3 aliphatic carbocycles. The third-order valence-electron chi connectivity index (χ3n) is 11.6. The lowest BCUT2D eigenvalue weighted by molar-refractivity contribution is -0.192. The van der Waals surface area contributed by atoms with Crippen molar-refractivity contribution in [3.63, 3.8) is 0 Å². The SMILES string of the molecule is C=C[C@]1(C)C[C@@H](OC(=O)c2cccn(N(C)C(=O)C3CS(=O)(=O)C3)c2=O)[C@@]2(C)C3C(=O)CC[C@@]3(CC[C@H]2C)[C@@H](C)[C@@H]1O. The van der Waals surface area contributed by atoms with Crippen molar-refractivity contribution >= 4 is 27.5 Å². The number of ether oxygens (including phenoxy) is 1. The van der Waals surface area contributed by atoms with Crippen LogP contribution in [0.3, 0.4) is 0 Å². The topological polar surface area (TPSA) is 140 Å². The molecular weight excluding hydrogens is 560 g/mol. The van der Waals surface area contributed by atoms with Crippen LogP contribution in [0.5, 0.6) is 0 Å². The lowest BCUT2D eigenvalue weighted by Gasteiger charge is -2.61. The third-order valence-corrected chi connectivity index (χ3v) is 13.4. The normalized spacial score (nSPS) is 39.3. The largest absolute Gasteiger partial charge is 0.458 e. The van der Waals surface area contributed by atoms with Crippen molar-refractivity contribution < 1.29 is 32.6 Å². The molecular formula is C31H42N2O8S. The molecule has 1 amide bonds. The van der Waals surface area contributed by atoms with Gasteiger partial charge in [0.1, 0.15) is 17.5 Å². The Hall–Kier alpha value is -2.79. The number of hydrogen-bond donors (Lipinski definition) is 1. The lowest BCUT2D eigenvalue weighted by Crippen LogP contribution is -2.63. The van der Waals surface area contributed by atoms with E-state index in [0.717, 1.165) is 22.5 Å². The molecule has 5 rings (SSSR count). The van der Waals surface area contributed by atoms with Gasteiger partial charge in [-0.15, -0.1) is 6.58 Å². The van der Waals surface area contributed by atoms with Crippen LogP contribution in [0, 0.1) is 39.9 Å². The molecule has 1 saturated heterocycles. The predicted molar refractivity (Wildman–Crippen MR) is 156 cm³/mol. The van der Waals surface area contributed by atoms with E-state index in [1.807, 2.05) is 20.8 Å². The molecule has 10 nitrogen and oxygen atoms in total. The highest BCUT2D eigenvalue weighted by molar-refractivity contribution is 7.92. The number of rotatable bonds is 5. The molecule has 3 saturated carbocycles. The number of esters is 1. The Balaban J connectivity index is 1.52. The van der Waals surface area contributed by atoms with Crippen LogP contribution < -0.4 is 10.6 Å². The van der Waals surface area contributed by atoms with E-state index >= 15 is 0 Å². The summed E-state index contributed by atoms with van der Waals surface area (Å²) in [6.45, 7) is 12.1. The number of aromatic nitrogens is 1. The van der Waals surface area contributed by atoms with Crippen LogP contribution in [-0.4, -0.2) is 66.6 Å². The summed E-state index contributed by atoms with van der Waals surface area (Å²) in [5.41, 5.74) is -3.05. The summed E-state index contributed by atoms with van der Waals surface area (Å²) in [6.07, 6.45) is 4.38. The van der Waals surface area contributed by atoms with E-state index in [-0.39, 0.29) is 41.1 Å². The first-order valence-electron chi connectivity index (χ1n) is 14.8. The van der Waals surface area contributed by atoms with Gasteiger partial charge in [0, 0.05) is 36.4 Å². The van der Waals surface area contributed by atoms with Crippen molar-refractivity contribution in [2.45, 2.75) is 72.0 Å². The molecule has 4 aliphatic rings. The van der Waals surface area contributed by atoms with E-state index < -0.39 is 67.6 Å². The summed E-state index contributed by atoms with van der Waals surface area (Å²) in [4.78, 5) is 53.7. The Kier molecular flexibility index (Phi) is 7.41. The summed E-state index contributed by atoms with van der Waals surface area (Å²) in [6, 6.07) is 2.78. The first-order chi connectivity index (χ1) is 19.5. The van der Waals surface area contributed by atoms with Crippen LogP contribution in [0.25, 0.3) is 0 Å². The van der Waals surface area contributed by atoms with E-state index in [1.54, 1.807) is 6.08 Å². The average molecular weight is 603 g/mol. The molecule has 4 fully saturated rings. The first-order valence-corrected chi connectivity index (χ1v) is 16.6. The summed E-state index contributed by atoms with van der Waals surface area (Å²) in [5.74, 6) is -3.13. The predicted octanol–water partition coefficient (Wildman–Crippen LogP) is 2.51. The van der Waals surface area contributed by atoms with Gasteiger partial charge in [-0.25, -0.2) is 22.9 Å². The van der Waals surface area contributed by atoms with E-state index in [1.165, 1.54) is 25.4 Å². The second-order valence-electron chi connectivity index (χ2n) is 13.7. The van der Waals surface area contributed by atoms with E-state index in [0.29, 0.717) is 12.8 Å². The van der Waals surface area contributed by atoms with E-state index in [4.69, 9.17) is 4.74 Å². The molecule has 8 atom stereocenters. The summed E-state index contributed by atoms with van der Waals surface area (Å²) >= 11 is 0. The highest BCUT2D eigenvalue weighted by Crippen LogP contribution is 2.68. The molecule has 11 heteroatoms. The highest BCUT2D eigenvalue weighted by Gasteiger charge is 2.68. The van der Waals surface area contributed by atoms with Crippen molar-refractivity contribution in [3.8, 4) is 0 Å². The molecule has 2 bridgehead atoms. The molecule has 42 heavy (non-hydrogen) atoms. The number of pyridine rings is 1. The Labute approximate surface area is 247 Å². The van der Waals surface area contributed by atoms with Gasteiger partial charge in [0.25, 0.3) is 5.56 Å². The molecule has 1 aromatic heterocycles. The molecule has 0 radical (unpaired) electrons. The zero-order valence-electron chi connectivity index (χ0n) is 25.0. The summed E-state index contributed by atoms with van der Waals surface area (Å²) in [7, 11) is -1.90. The molecule has 230 valence electrons. The van der Waals surface area contributed by atoms with Gasteiger partial charge in [-0.3, -0.25) is 14.4 Å². The first kappa shape index (κ1) is 30.7. The molecule has 2 heterocycles. The smallest absolute Gasteiger partial charge is 0.344 e. The van der Waals surface area contributed by atoms with Gasteiger partial charge in [0.05, 0.1) is 23.5 Å². The summed E-state index contributed by atoms with van der Waals surface area (Å²) in [5, 5.41) is 12.7. The number of amides is 1. The monoisotopic (exact) mass is 602 g/mol. The van der Waals surface area contributed by atoms with Gasteiger partial charge in [-0.1, -0.05) is 33.8 Å². The number of sulfone groups is 1. The highest BCUT2D eigenvalue weighted by atomic mass is 32.2. The number of Topliss-reactive ketones (excluding diaryl/α,β-unsaturated/α-hetero) is 1. The van der Waals surface area contributed by atoms with Crippen molar-refractivity contribution in [1.82, 2.24) is 4.68 Å². The van der Waals surface area contributed by atoms with Crippen LogP contribution in [-0.2, 0) is 24.2 Å². The number of hydrogen-bond acceptors (Lipinski definition) is 8. The van der Waals surface area contributed by atoms with Crippen LogP contribution in [0.1, 0.15) is 70.2 Å². The van der Waals surface area contributed by atoms with Crippen molar-refractivity contribution in [2.75, 3.05) is 23.6 Å². The number of ketones is 1. The number of aliphatic hydroxyl groups excluding tert-OH is 1. The Bertz CT molecular complexity index is 1490. The van der Waals surface area contributed by atoms with Crippen molar-refractivity contribution in [2.24, 2.45) is 39.9 Å². The van der Waals surface area contributed by atoms with Gasteiger partial charge in [-0.05, 0) is 55.1 Å². The minimum Gasteiger partial charge on any atom is -0.458 e. The van der Waals surface area contributed by atoms with Crippen LogP contribution in [0.2, 0.25) is 0 Å². The molecule has 1 N–H and O–H groups in total. The maximum atomic E-state index is 13.8. The Morgan fingerprint density at radius 1 is 1.19 bits per heavy atom. The number of carbonyl (C=O) groups is 3. The van der Waals surface area contributed by atoms with Crippen molar-refractivity contribution in [1.29, 1.82) is 0 Å². The third kappa shape index (κ3) is 4.41. The number of carbonyl (C=O) groups excluding carboxylic acids is 3. The van der Waals surface area contributed by atoms with E-state index in [2.05, 4.69) is 13.5 Å². The zero-order chi connectivity index (χ0) is 31.0. The van der Waals surface area contributed by atoms with Crippen LogP contribution >= 0.6 is 0 Å². The van der Waals surface area contributed by atoms with Crippen LogP contribution in [0.4, 0.5) is 0 Å². The molecule has 0 aromatic carbocycles. The average Bonchev–Trinajstić information content (AvgIpc) is 3.29. The fourth-order valence-electron chi connectivity index (χ4n) is 8.65. The minimum atomic E-state index is -3.25. The Morgan fingerprint density at radius 3 is 2.48 bits per heavy atom. The maximum Gasteiger partial charge on any atom is 0.344 e. The van der Waals surface area contributed by atoms with Crippen molar-refractivity contribution in [3.05, 3.63) is 46.9 Å². The molecule has 0 spiro atoms. The minimum absolute atomic E-state index is 0.0296. The summed E-state index contributed by atoms with van der Waals surface area (Å²) < 4.78 is 30.4. The van der Waals surface area contributed by atoms with Gasteiger partial charge < -0.3 is 9.84 Å². The standard InChI is InChI=1S/C31H42N2O8S/c1-7-29(4)15-23(30(5)18(2)10-12-31(19(3)25(29)35)13-11-22(34)24(30)31)41-28(38)21-9-8-14-33(27(21)37)32(6)26(36)20-16-42(39,40)17-20/h7-9,14,18-20,23-25,35H,1,10-13,15-17H2,2-6H3/t18-,19+,23-,24?,25+,29-,30+,31+/m1/s1. The fraction of sp³-hybridized carbons (Fsp3) is 0.677. The maximum absolute atomic E-state index is 13.8. The lowest BCUT2D eigenvalue weighted by atomic mass is 9.44. The number of aliphatic hydroxyl groups is 1. The fourth-order valence-corrected chi connectivity index (χ4v) is 10.1. The van der Waals surface area contributed by atoms with Gasteiger partial charge in [0.2, 0.25) is 5.91 Å². The second-order valence-corrected chi connectivity index (χ2v) is 15.8. The Morgan fingerprint density at radius 2 is 1.86 bits per heavy atom. The van der Waals surface area contributed by atoms with Crippen LogP contribution in [0.15, 0.2) is 35.8 Å². The number of nitrogens with zero attached hydrogens (tertiary/aromatic N) is 2. The van der Waals surface area contributed by atoms with Gasteiger partial charge >= 0.3 is 5.97 Å². The molecule has 1 unspecified atom stereocenters. The quantitative estimate of drug-likeness (QED) is 0.401. The zero-order valence-corrected chi connectivity index (χ0v) is 25.9. The van der Waals surface area contributed by atoms with Gasteiger partial charge in [0.15, 0.2) is 9.84 Å². The second kappa shape index (κ2) is 10.1. The molecule has 1 aromatic rings. The molecule has 1 aliphatic heterocycles. The van der Waals surface area contributed by atoms with E-state index in [9.17, 15) is 32.7 Å².